The second kappa shape index (κ2) is 10.2. The molecular formula is C16H22ClN3O3S. The summed E-state index contributed by atoms with van der Waals surface area (Å²) >= 11 is 7.59. The smallest absolute Gasteiger partial charge is 0.252 e. The van der Waals surface area contributed by atoms with Crippen LogP contribution in [0.5, 0.6) is 0 Å². The van der Waals surface area contributed by atoms with Crippen LogP contribution in [0.3, 0.4) is 0 Å². The van der Waals surface area contributed by atoms with Gasteiger partial charge in [-0.15, -0.1) is 0 Å². The summed E-state index contributed by atoms with van der Waals surface area (Å²) in [6, 6.07) is 4.04. The Kier molecular flexibility index (Phi) is 8.63. The number of hydrogen-bond acceptors (Lipinski definition) is 4. The van der Waals surface area contributed by atoms with Crippen LogP contribution in [0.4, 0.5) is 5.69 Å². The Labute approximate surface area is 151 Å². The van der Waals surface area contributed by atoms with Crippen LogP contribution in [0.2, 0.25) is 5.02 Å². The average Bonchev–Trinajstić information content (AvgIpc) is 2.59. The molecule has 0 heterocycles. The number of carbonyl (C=O) groups excluding carboxylic acids is 3. The summed E-state index contributed by atoms with van der Waals surface area (Å²) in [5, 5.41) is 8.23. The number of nitrogens with one attached hydrogen (secondary N) is 3. The minimum atomic E-state index is -0.621. The number of amides is 3. The van der Waals surface area contributed by atoms with Crippen LogP contribution in [0.25, 0.3) is 0 Å². The molecule has 0 saturated carbocycles. The van der Waals surface area contributed by atoms with Gasteiger partial charge in [0.2, 0.25) is 11.8 Å². The molecule has 0 aliphatic heterocycles. The lowest BCUT2D eigenvalue weighted by molar-refractivity contribution is -0.126. The number of rotatable bonds is 8. The molecule has 3 N–H and O–H groups in total. The first-order chi connectivity index (χ1) is 11.4. The highest BCUT2D eigenvalue weighted by Gasteiger charge is 2.20. The summed E-state index contributed by atoms with van der Waals surface area (Å²) in [5.41, 5.74) is 0.720. The van der Waals surface area contributed by atoms with Crippen LogP contribution in [0.15, 0.2) is 18.2 Å². The third-order valence-electron chi connectivity index (χ3n) is 3.29. The van der Waals surface area contributed by atoms with Gasteiger partial charge >= 0.3 is 0 Å². The van der Waals surface area contributed by atoms with E-state index in [4.69, 9.17) is 11.6 Å². The summed E-state index contributed by atoms with van der Waals surface area (Å²) in [6.07, 6.45) is 2.77. The summed E-state index contributed by atoms with van der Waals surface area (Å²) in [6.45, 7) is 1.73. The standard InChI is InChI=1S/C16H22ClN3O3S/c1-4-14(21)20-13(7-8-24-3)16(23)19-10-5-6-12(17)11(9-10)15(22)18-2/h5-6,9,13H,4,7-8H2,1-3H3,(H,18,22)(H,19,23)(H,20,21)/t13-/m1/s1. The summed E-state index contributed by atoms with van der Waals surface area (Å²) in [5.74, 6) is -0.101. The number of halogens is 1. The summed E-state index contributed by atoms with van der Waals surface area (Å²) in [7, 11) is 1.50. The third kappa shape index (κ3) is 6.05. The number of carbonyl (C=O) groups is 3. The van der Waals surface area contributed by atoms with Crippen LogP contribution >= 0.6 is 23.4 Å². The molecule has 24 heavy (non-hydrogen) atoms. The minimum absolute atomic E-state index is 0.182. The number of anilines is 1. The molecular weight excluding hydrogens is 350 g/mol. The van der Waals surface area contributed by atoms with Crippen LogP contribution in [0, 0.1) is 0 Å². The van der Waals surface area contributed by atoms with Gasteiger partial charge in [0.05, 0.1) is 10.6 Å². The van der Waals surface area contributed by atoms with Crippen molar-refractivity contribution in [1.29, 1.82) is 0 Å². The minimum Gasteiger partial charge on any atom is -0.355 e. The van der Waals surface area contributed by atoms with Gasteiger partial charge in [-0.1, -0.05) is 18.5 Å². The maximum Gasteiger partial charge on any atom is 0.252 e. The van der Waals surface area contributed by atoms with Crippen molar-refractivity contribution in [3.05, 3.63) is 28.8 Å². The largest absolute Gasteiger partial charge is 0.355 e. The summed E-state index contributed by atoms with van der Waals surface area (Å²) in [4.78, 5) is 35.8. The van der Waals surface area contributed by atoms with Gasteiger partial charge in [-0.05, 0) is 36.6 Å². The predicted octanol–water partition coefficient (Wildman–Crippen LogP) is 2.29. The molecule has 0 fully saturated rings. The lowest BCUT2D eigenvalue weighted by Crippen LogP contribution is -2.44. The highest BCUT2D eigenvalue weighted by atomic mass is 35.5. The Morgan fingerprint density at radius 2 is 2.00 bits per heavy atom. The topological polar surface area (TPSA) is 87.3 Å². The molecule has 0 aliphatic carbocycles. The molecule has 0 radical (unpaired) electrons. The highest BCUT2D eigenvalue weighted by molar-refractivity contribution is 7.98. The van der Waals surface area contributed by atoms with Crippen LogP contribution < -0.4 is 16.0 Å². The van der Waals surface area contributed by atoms with Gasteiger partial charge in [-0.2, -0.15) is 11.8 Å². The van der Waals surface area contributed by atoms with Crippen molar-refractivity contribution >= 4 is 46.8 Å². The van der Waals surface area contributed by atoms with Crippen molar-refractivity contribution in [3.8, 4) is 0 Å². The van der Waals surface area contributed by atoms with Gasteiger partial charge in [-0.3, -0.25) is 14.4 Å². The maximum atomic E-state index is 12.4. The van der Waals surface area contributed by atoms with Crippen LogP contribution in [0.1, 0.15) is 30.1 Å². The van der Waals surface area contributed by atoms with Crippen molar-refractivity contribution in [2.45, 2.75) is 25.8 Å². The number of benzene rings is 1. The van der Waals surface area contributed by atoms with Crippen molar-refractivity contribution < 1.29 is 14.4 Å². The van der Waals surface area contributed by atoms with Crippen molar-refractivity contribution in [2.75, 3.05) is 24.4 Å². The zero-order valence-electron chi connectivity index (χ0n) is 13.9. The monoisotopic (exact) mass is 371 g/mol. The van der Waals surface area contributed by atoms with E-state index in [9.17, 15) is 14.4 Å². The molecule has 1 atom stereocenters. The highest BCUT2D eigenvalue weighted by Crippen LogP contribution is 2.21. The first kappa shape index (κ1) is 20.3. The normalized spacial score (nSPS) is 11.5. The fourth-order valence-corrected chi connectivity index (χ4v) is 2.62. The van der Waals surface area contributed by atoms with E-state index >= 15 is 0 Å². The van der Waals surface area contributed by atoms with E-state index in [2.05, 4.69) is 16.0 Å². The molecule has 0 aromatic heterocycles. The molecule has 8 heteroatoms. The van der Waals surface area contributed by atoms with Gasteiger partial charge in [0.1, 0.15) is 6.04 Å². The molecule has 0 unspecified atom stereocenters. The van der Waals surface area contributed by atoms with Crippen molar-refractivity contribution in [2.24, 2.45) is 0 Å². The van der Waals surface area contributed by atoms with Gasteiger partial charge in [0, 0.05) is 19.2 Å². The third-order valence-corrected chi connectivity index (χ3v) is 4.26. The van der Waals surface area contributed by atoms with Crippen molar-refractivity contribution in [3.63, 3.8) is 0 Å². The Balaban J connectivity index is 2.89. The molecule has 3 amide bonds. The zero-order chi connectivity index (χ0) is 18.1. The first-order valence-electron chi connectivity index (χ1n) is 7.53. The second-order valence-electron chi connectivity index (χ2n) is 5.02. The average molecular weight is 372 g/mol. The first-order valence-corrected chi connectivity index (χ1v) is 9.30. The van der Waals surface area contributed by atoms with Gasteiger partial charge in [0.25, 0.3) is 5.91 Å². The van der Waals surface area contributed by atoms with E-state index in [-0.39, 0.29) is 23.3 Å². The molecule has 6 nitrogen and oxygen atoms in total. The Morgan fingerprint density at radius 3 is 2.58 bits per heavy atom. The molecule has 132 valence electrons. The maximum absolute atomic E-state index is 12.4. The Hall–Kier alpha value is -1.73. The SMILES string of the molecule is CCC(=O)N[C@H](CCSC)C(=O)Nc1ccc(Cl)c(C(=O)NC)c1. The molecule has 1 aromatic rings. The molecule has 0 aliphatic rings. The fourth-order valence-electron chi connectivity index (χ4n) is 1.94. The van der Waals surface area contributed by atoms with E-state index in [0.29, 0.717) is 23.6 Å². The predicted molar refractivity (Wildman–Crippen MR) is 98.7 cm³/mol. The Bertz CT molecular complexity index is 610. The zero-order valence-corrected chi connectivity index (χ0v) is 15.5. The van der Waals surface area contributed by atoms with Crippen LogP contribution in [-0.2, 0) is 9.59 Å². The van der Waals surface area contributed by atoms with Gasteiger partial charge in [-0.25, -0.2) is 0 Å². The van der Waals surface area contributed by atoms with E-state index in [1.807, 2.05) is 6.26 Å². The van der Waals surface area contributed by atoms with E-state index in [1.165, 1.54) is 13.1 Å². The number of thioether (sulfide) groups is 1. The molecule has 0 spiro atoms. The molecule has 1 rings (SSSR count). The lowest BCUT2D eigenvalue weighted by atomic mass is 10.1. The van der Waals surface area contributed by atoms with Gasteiger partial charge < -0.3 is 16.0 Å². The van der Waals surface area contributed by atoms with E-state index in [1.54, 1.807) is 30.8 Å². The molecule has 1 aromatic carbocycles. The lowest BCUT2D eigenvalue weighted by Gasteiger charge is -2.18. The quantitative estimate of drug-likeness (QED) is 0.654. The van der Waals surface area contributed by atoms with Crippen LogP contribution in [-0.4, -0.2) is 42.8 Å². The molecule has 0 bridgehead atoms. The van der Waals surface area contributed by atoms with Gasteiger partial charge in [0.15, 0.2) is 0 Å². The van der Waals surface area contributed by atoms with E-state index in [0.717, 1.165) is 5.75 Å². The van der Waals surface area contributed by atoms with Crippen molar-refractivity contribution in [1.82, 2.24) is 10.6 Å². The second-order valence-corrected chi connectivity index (χ2v) is 6.41. The Morgan fingerprint density at radius 1 is 1.29 bits per heavy atom. The molecule has 0 saturated heterocycles. The van der Waals surface area contributed by atoms with E-state index < -0.39 is 6.04 Å². The fraction of sp³-hybridized carbons (Fsp3) is 0.438. The summed E-state index contributed by atoms with van der Waals surface area (Å²) < 4.78 is 0. The number of hydrogen-bond donors (Lipinski definition) is 3.